The first-order valence-corrected chi connectivity index (χ1v) is 9.47. The maximum Gasteiger partial charge on any atom is 0.229 e. The van der Waals surface area contributed by atoms with Gasteiger partial charge in [0.2, 0.25) is 17.8 Å². The fraction of sp³-hybridized carbons (Fsp3) is 0.389. The van der Waals surface area contributed by atoms with Crippen molar-refractivity contribution in [2.24, 2.45) is 0 Å². The van der Waals surface area contributed by atoms with Crippen LogP contribution in [0.15, 0.2) is 25.0 Å². The Morgan fingerprint density at radius 2 is 2.07 bits per heavy atom. The van der Waals surface area contributed by atoms with Crippen LogP contribution in [0.3, 0.4) is 0 Å². The van der Waals surface area contributed by atoms with Crippen LogP contribution in [0.5, 0.6) is 0 Å². The number of anilines is 2. The molecule has 0 radical (unpaired) electrons. The molecule has 0 aromatic carbocycles. The number of carbonyl (C=O) groups excluding carboxylic acids is 2. The summed E-state index contributed by atoms with van der Waals surface area (Å²) >= 11 is 1.47. The van der Waals surface area contributed by atoms with Crippen molar-refractivity contribution in [1.82, 2.24) is 19.9 Å². The van der Waals surface area contributed by atoms with E-state index in [1.165, 1.54) is 25.2 Å². The average Bonchev–Trinajstić information content (AvgIpc) is 2.95. The van der Waals surface area contributed by atoms with Crippen molar-refractivity contribution in [1.29, 1.82) is 0 Å². The van der Waals surface area contributed by atoms with E-state index in [4.69, 9.17) is 0 Å². The molecule has 0 fully saturated rings. The minimum Gasteiger partial charge on any atom is -0.302 e. The topological polar surface area (TPSA) is 100 Å². The smallest absolute Gasteiger partial charge is 0.229 e. The Hall–Kier alpha value is -2.65. The molecule has 0 unspecified atom stereocenters. The van der Waals surface area contributed by atoms with Crippen molar-refractivity contribution in [2.45, 2.75) is 39.3 Å². The summed E-state index contributed by atoms with van der Waals surface area (Å²) in [6.45, 7) is 8.41. The summed E-state index contributed by atoms with van der Waals surface area (Å²) in [4.78, 5) is 38.8. The van der Waals surface area contributed by atoms with E-state index < -0.39 is 0 Å². The number of hydrogen-bond acceptors (Lipinski definition) is 7. The molecule has 0 aliphatic carbocycles. The van der Waals surface area contributed by atoms with Crippen LogP contribution in [0.25, 0.3) is 0 Å². The highest BCUT2D eigenvalue weighted by Crippen LogP contribution is 2.25. The maximum atomic E-state index is 11.2. The number of carbonyl (C=O) groups is 2. The number of amides is 2. The summed E-state index contributed by atoms with van der Waals surface area (Å²) in [6, 6.07) is 0.146. The molecular weight excluding hydrogens is 364 g/mol. The fourth-order valence-electron chi connectivity index (χ4n) is 3.03. The molecule has 2 amide bonds. The summed E-state index contributed by atoms with van der Waals surface area (Å²) in [7, 11) is 0. The molecule has 0 spiro atoms. The van der Waals surface area contributed by atoms with Gasteiger partial charge in [-0.1, -0.05) is 6.08 Å². The van der Waals surface area contributed by atoms with Gasteiger partial charge in [-0.05, 0) is 12.0 Å². The Bertz CT molecular complexity index is 865. The van der Waals surface area contributed by atoms with E-state index in [1.807, 2.05) is 6.08 Å². The van der Waals surface area contributed by atoms with Crippen molar-refractivity contribution in [2.75, 3.05) is 17.2 Å². The Labute approximate surface area is 161 Å². The number of hydrogen-bond donors (Lipinski definition) is 2. The van der Waals surface area contributed by atoms with Gasteiger partial charge in [0.25, 0.3) is 0 Å². The van der Waals surface area contributed by atoms with Crippen molar-refractivity contribution >= 4 is 34.2 Å². The zero-order chi connectivity index (χ0) is 19.4. The first kappa shape index (κ1) is 19.1. The molecular formula is C18H22N6O2S. The summed E-state index contributed by atoms with van der Waals surface area (Å²) in [5.74, 6) is 0.0280. The van der Waals surface area contributed by atoms with Crippen molar-refractivity contribution < 1.29 is 9.59 Å². The lowest BCUT2D eigenvalue weighted by atomic mass is 10.1. The number of thiazole rings is 1. The van der Waals surface area contributed by atoms with Crippen LogP contribution in [-0.2, 0) is 29.0 Å². The standard InChI is InChI=1S/C18H22N6O2S/c1-4-14-7-13-8-19-17(21-11(2)25)23-16(13)5-6-24(14)10-15-9-20-18(27-15)22-12(3)26/h4,8-9,14H,1,5-7,10H2,2-3H3,(H,20,22,26)(H,19,21,23,25)/t14-/m1/s1. The molecule has 8 nitrogen and oxygen atoms in total. The second kappa shape index (κ2) is 8.36. The van der Waals surface area contributed by atoms with Crippen molar-refractivity contribution in [3.05, 3.63) is 41.2 Å². The molecule has 0 saturated carbocycles. The quantitative estimate of drug-likeness (QED) is 0.763. The third kappa shape index (κ3) is 4.95. The molecule has 2 N–H and O–H groups in total. The number of aromatic nitrogens is 3. The van der Waals surface area contributed by atoms with Crippen LogP contribution in [0.2, 0.25) is 0 Å². The lowest BCUT2D eigenvalue weighted by molar-refractivity contribution is -0.115. The number of nitrogens with zero attached hydrogens (tertiary/aromatic N) is 4. The first-order valence-electron chi connectivity index (χ1n) is 8.66. The van der Waals surface area contributed by atoms with E-state index in [9.17, 15) is 9.59 Å². The van der Waals surface area contributed by atoms with E-state index in [0.717, 1.165) is 35.5 Å². The van der Waals surface area contributed by atoms with Crippen molar-refractivity contribution in [3.8, 4) is 0 Å². The second-order valence-electron chi connectivity index (χ2n) is 6.39. The fourth-order valence-corrected chi connectivity index (χ4v) is 3.92. The molecule has 1 aliphatic rings. The van der Waals surface area contributed by atoms with E-state index in [1.54, 1.807) is 12.4 Å². The summed E-state index contributed by atoms with van der Waals surface area (Å²) in [5, 5.41) is 5.95. The first-order chi connectivity index (χ1) is 12.9. The molecule has 3 heterocycles. The highest BCUT2D eigenvalue weighted by molar-refractivity contribution is 7.15. The van der Waals surface area contributed by atoms with Gasteiger partial charge in [0.05, 0.1) is 5.69 Å². The lowest BCUT2D eigenvalue weighted by Crippen LogP contribution is -2.34. The lowest BCUT2D eigenvalue weighted by Gasteiger charge is -2.26. The summed E-state index contributed by atoms with van der Waals surface area (Å²) in [5.41, 5.74) is 2.02. The van der Waals surface area contributed by atoms with Crippen LogP contribution in [0.1, 0.15) is 30.0 Å². The molecule has 0 bridgehead atoms. The molecule has 1 atom stereocenters. The van der Waals surface area contributed by atoms with Gasteiger partial charge < -0.3 is 5.32 Å². The maximum absolute atomic E-state index is 11.2. The van der Waals surface area contributed by atoms with Crippen molar-refractivity contribution in [3.63, 3.8) is 0 Å². The molecule has 3 rings (SSSR count). The molecule has 27 heavy (non-hydrogen) atoms. The van der Waals surface area contributed by atoms with Crippen LogP contribution in [-0.4, -0.2) is 44.3 Å². The number of rotatable bonds is 5. The highest BCUT2D eigenvalue weighted by atomic mass is 32.1. The minimum atomic E-state index is -0.186. The summed E-state index contributed by atoms with van der Waals surface area (Å²) in [6.07, 6.45) is 7.03. The van der Waals surface area contributed by atoms with Gasteiger partial charge in [-0.25, -0.2) is 15.0 Å². The van der Waals surface area contributed by atoms with Crippen LogP contribution in [0, 0.1) is 0 Å². The van der Waals surface area contributed by atoms with Gasteiger partial charge in [-0.2, -0.15) is 0 Å². The van der Waals surface area contributed by atoms with Gasteiger partial charge in [-0.3, -0.25) is 19.8 Å². The zero-order valence-corrected chi connectivity index (χ0v) is 16.2. The Morgan fingerprint density at radius 1 is 1.30 bits per heavy atom. The third-order valence-corrected chi connectivity index (χ3v) is 5.14. The Kier molecular flexibility index (Phi) is 5.92. The van der Waals surface area contributed by atoms with E-state index in [2.05, 4.69) is 37.1 Å². The number of nitrogens with one attached hydrogen (secondary N) is 2. The molecule has 9 heteroatoms. The van der Waals surface area contributed by atoms with Gasteiger partial charge in [0, 0.05) is 56.7 Å². The monoisotopic (exact) mass is 386 g/mol. The third-order valence-electron chi connectivity index (χ3n) is 4.24. The Morgan fingerprint density at radius 3 is 2.78 bits per heavy atom. The molecule has 1 aliphatic heterocycles. The van der Waals surface area contributed by atoms with Gasteiger partial charge in [0.1, 0.15) is 0 Å². The van der Waals surface area contributed by atoms with E-state index >= 15 is 0 Å². The summed E-state index contributed by atoms with van der Waals surface area (Å²) < 4.78 is 0. The van der Waals surface area contributed by atoms with Gasteiger partial charge in [-0.15, -0.1) is 17.9 Å². The predicted molar refractivity (Wildman–Crippen MR) is 105 cm³/mol. The minimum absolute atomic E-state index is 0.126. The highest BCUT2D eigenvalue weighted by Gasteiger charge is 2.24. The molecule has 0 saturated heterocycles. The zero-order valence-electron chi connectivity index (χ0n) is 15.4. The van der Waals surface area contributed by atoms with Crippen LogP contribution < -0.4 is 10.6 Å². The van der Waals surface area contributed by atoms with Gasteiger partial charge in [0.15, 0.2) is 5.13 Å². The largest absolute Gasteiger partial charge is 0.302 e. The van der Waals surface area contributed by atoms with Crippen LogP contribution in [0.4, 0.5) is 11.1 Å². The predicted octanol–water partition coefficient (Wildman–Crippen LogP) is 2.01. The van der Waals surface area contributed by atoms with Gasteiger partial charge >= 0.3 is 0 Å². The van der Waals surface area contributed by atoms with Crippen LogP contribution >= 0.6 is 11.3 Å². The normalized spacial score (nSPS) is 16.9. The SMILES string of the molecule is C=C[C@@H]1Cc2cnc(NC(C)=O)nc2CCN1Cc1cnc(NC(C)=O)s1. The molecule has 2 aromatic rings. The second-order valence-corrected chi connectivity index (χ2v) is 7.50. The molecule has 2 aromatic heterocycles. The number of fused-ring (bicyclic) bond motifs is 1. The molecule has 142 valence electrons. The van der Waals surface area contributed by atoms with E-state index in [0.29, 0.717) is 17.6 Å². The van der Waals surface area contributed by atoms with E-state index in [-0.39, 0.29) is 17.9 Å². The average molecular weight is 386 g/mol. The Balaban J connectivity index is 1.74.